The molecule has 6 aliphatic carbocycles. The second kappa shape index (κ2) is 12.1. The van der Waals surface area contributed by atoms with Gasteiger partial charge < -0.3 is 0 Å². The molecule has 60 heavy (non-hydrogen) atoms. The molecule has 8 aromatic carbocycles. The molecule has 6 aliphatic rings. The Balaban J connectivity index is 0.830. The normalized spacial score (nSPS) is 20.3. The molecular weight excluding hydrogens is 721 g/mol. The molecule has 0 fully saturated rings. The van der Waals surface area contributed by atoms with Crippen LogP contribution >= 0.6 is 0 Å². The SMILES string of the molecule is C1=CC2C(c3ccc(-c4ccc(C5=Cc6c(cc7c8c(cccc68)-c6ccccc6-7)C6C=CC=CC56)cc4)cc3)=Cc3c(cc4c5c(cccc35)-c3ccccc3-4)C2C=C1. The van der Waals surface area contributed by atoms with Gasteiger partial charge in [-0.2, -0.15) is 0 Å². The summed E-state index contributed by atoms with van der Waals surface area (Å²) in [5.74, 6) is 1.19. The van der Waals surface area contributed by atoms with Gasteiger partial charge in [-0.05, 0) is 146 Å². The van der Waals surface area contributed by atoms with Crippen molar-refractivity contribution in [2.75, 3.05) is 0 Å². The Labute approximate surface area is 350 Å². The molecule has 14 rings (SSSR count). The Morgan fingerprint density at radius 2 is 0.633 bits per heavy atom. The highest BCUT2D eigenvalue weighted by molar-refractivity contribution is 6.20. The first-order chi connectivity index (χ1) is 29.8. The van der Waals surface area contributed by atoms with E-state index in [0.717, 1.165) is 0 Å². The number of hydrogen-bond donors (Lipinski definition) is 0. The summed E-state index contributed by atoms with van der Waals surface area (Å²) in [6.07, 6.45) is 23.6. The third-order valence-electron chi connectivity index (χ3n) is 14.6. The van der Waals surface area contributed by atoms with Crippen LogP contribution in [-0.2, 0) is 0 Å². The molecule has 0 heteroatoms. The van der Waals surface area contributed by atoms with Crippen molar-refractivity contribution >= 4 is 44.8 Å². The first-order valence-corrected chi connectivity index (χ1v) is 21.5. The van der Waals surface area contributed by atoms with E-state index in [2.05, 4.69) is 206 Å². The van der Waals surface area contributed by atoms with Gasteiger partial charge in [-0.15, -0.1) is 0 Å². The molecule has 0 spiro atoms. The summed E-state index contributed by atoms with van der Waals surface area (Å²) in [6, 6.07) is 55.3. The predicted molar refractivity (Wildman–Crippen MR) is 253 cm³/mol. The first kappa shape index (κ1) is 32.7. The fourth-order valence-corrected chi connectivity index (χ4v) is 11.9. The van der Waals surface area contributed by atoms with Crippen molar-refractivity contribution in [3.8, 4) is 55.6 Å². The molecule has 0 amide bonds. The Hall–Kier alpha value is -7.28. The van der Waals surface area contributed by atoms with Crippen LogP contribution in [0.25, 0.3) is 100 Å². The summed E-state index contributed by atoms with van der Waals surface area (Å²) in [4.78, 5) is 0. The summed E-state index contributed by atoms with van der Waals surface area (Å²) >= 11 is 0. The van der Waals surface area contributed by atoms with Gasteiger partial charge in [-0.1, -0.05) is 182 Å². The van der Waals surface area contributed by atoms with E-state index in [0.29, 0.717) is 23.7 Å². The van der Waals surface area contributed by atoms with Gasteiger partial charge in [0.25, 0.3) is 0 Å². The minimum absolute atomic E-state index is 0.294. The maximum absolute atomic E-state index is 2.50. The van der Waals surface area contributed by atoms with Crippen molar-refractivity contribution in [3.63, 3.8) is 0 Å². The van der Waals surface area contributed by atoms with Gasteiger partial charge in [-0.3, -0.25) is 0 Å². The van der Waals surface area contributed by atoms with Crippen LogP contribution in [0.3, 0.4) is 0 Å². The highest BCUT2D eigenvalue weighted by atomic mass is 14.4. The Morgan fingerprint density at radius 1 is 0.283 bits per heavy atom. The van der Waals surface area contributed by atoms with E-state index in [1.807, 2.05) is 0 Å². The lowest BCUT2D eigenvalue weighted by atomic mass is 9.69. The molecule has 278 valence electrons. The molecule has 0 nitrogen and oxygen atoms in total. The lowest BCUT2D eigenvalue weighted by Crippen LogP contribution is -2.18. The third-order valence-corrected chi connectivity index (χ3v) is 14.6. The van der Waals surface area contributed by atoms with Gasteiger partial charge >= 0.3 is 0 Å². The smallest absolute Gasteiger partial charge is 0.0131 e. The molecule has 0 N–H and O–H groups in total. The fourth-order valence-electron chi connectivity index (χ4n) is 11.9. The maximum atomic E-state index is 2.50. The largest absolute Gasteiger partial charge is 0.0761 e. The quantitative estimate of drug-likeness (QED) is 0.168. The fraction of sp³-hybridized carbons (Fsp3) is 0.0667. The highest BCUT2D eigenvalue weighted by Crippen LogP contribution is 2.56. The Morgan fingerprint density at radius 3 is 1.05 bits per heavy atom. The van der Waals surface area contributed by atoms with E-state index < -0.39 is 0 Å². The number of benzene rings is 8. The van der Waals surface area contributed by atoms with Crippen LogP contribution in [0, 0.1) is 11.8 Å². The average Bonchev–Trinajstić information content (AvgIpc) is 3.82. The van der Waals surface area contributed by atoms with Crippen molar-refractivity contribution in [2.45, 2.75) is 11.8 Å². The van der Waals surface area contributed by atoms with E-state index in [-0.39, 0.29) is 0 Å². The number of hydrogen-bond acceptors (Lipinski definition) is 0. The molecular formula is C60H38. The molecule has 8 aromatic rings. The zero-order valence-corrected chi connectivity index (χ0v) is 32.9. The predicted octanol–water partition coefficient (Wildman–Crippen LogP) is 15.7. The van der Waals surface area contributed by atoms with Crippen molar-refractivity contribution in [1.29, 1.82) is 0 Å². The second-order valence-electron chi connectivity index (χ2n) is 17.4. The van der Waals surface area contributed by atoms with Gasteiger partial charge in [0.05, 0.1) is 0 Å². The lowest BCUT2D eigenvalue weighted by molar-refractivity contribution is 0.710. The number of rotatable bonds is 3. The average molecular weight is 759 g/mol. The zero-order chi connectivity index (χ0) is 39.1. The van der Waals surface area contributed by atoms with E-state index >= 15 is 0 Å². The molecule has 4 atom stereocenters. The standard InChI is InChI=1S/C60H38/c1-7-17-45-39(11-1)47-19-9-21-49-55-31-51(41-13-3-5-15-43(41)53(55)33-57(45)59(47)49)37-27-23-35(24-28-37)36-25-29-38(30-26-36)52-32-56-50-22-10-20-48-40-12-2-8-18-46(40)58(60(48)50)34-54(56)44-16-6-4-14-42(44)52/h1-34,41-44H. The monoisotopic (exact) mass is 758 g/mol. The van der Waals surface area contributed by atoms with Gasteiger partial charge in [0.1, 0.15) is 0 Å². The van der Waals surface area contributed by atoms with Crippen molar-refractivity contribution < 1.29 is 0 Å². The summed E-state index contributed by atoms with van der Waals surface area (Å²) in [5.41, 5.74) is 24.4. The summed E-state index contributed by atoms with van der Waals surface area (Å²) < 4.78 is 0. The highest BCUT2D eigenvalue weighted by Gasteiger charge is 2.36. The molecule has 0 saturated heterocycles. The van der Waals surface area contributed by atoms with Crippen LogP contribution in [0.2, 0.25) is 0 Å². The van der Waals surface area contributed by atoms with Crippen LogP contribution in [0.1, 0.15) is 45.2 Å². The Kier molecular flexibility index (Phi) is 6.60. The van der Waals surface area contributed by atoms with Crippen LogP contribution in [0.5, 0.6) is 0 Å². The maximum Gasteiger partial charge on any atom is 0.0131 e. The summed E-state index contributed by atoms with van der Waals surface area (Å²) in [6.45, 7) is 0. The van der Waals surface area contributed by atoms with Crippen molar-refractivity contribution in [1.82, 2.24) is 0 Å². The van der Waals surface area contributed by atoms with Crippen molar-refractivity contribution in [3.05, 3.63) is 228 Å². The minimum Gasteiger partial charge on any atom is -0.0761 e. The van der Waals surface area contributed by atoms with E-state index in [1.54, 1.807) is 0 Å². The third kappa shape index (κ3) is 4.40. The lowest BCUT2D eigenvalue weighted by Gasteiger charge is -2.34. The molecule has 0 heterocycles. The van der Waals surface area contributed by atoms with E-state index in [4.69, 9.17) is 0 Å². The van der Waals surface area contributed by atoms with Crippen LogP contribution in [0.4, 0.5) is 0 Å². The van der Waals surface area contributed by atoms with Crippen LogP contribution in [0.15, 0.2) is 194 Å². The minimum atomic E-state index is 0.294. The first-order valence-electron chi connectivity index (χ1n) is 21.5. The Bertz CT molecular complexity index is 3180. The molecule has 0 aliphatic heterocycles. The molecule has 0 radical (unpaired) electrons. The summed E-state index contributed by atoms with van der Waals surface area (Å²) in [7, 11) is 0. The van der Waals surface area contributed by atoms with Gasteiger partial charge in [0.15, 0.2) is 0 Å². The van der Waals surface area contributed by atoms with Crippen molar-refractivity contribution in [2.24, 2.45) is 11.8 Å². The van der Waals surface area contributed by atoms with E-state index in [9.17, 15) is 0 Å². The van der Waals surface area contributed by atoms with Gasteiger partial charge in [0, 0.05) is 23.7 Å². The van der Waals surface area contributed by atoms with Crippen LogP contribution < -0.4 is 0 Å². The second-order valence-corrected chi connectivity index (χ2v) is 17.4. The molecule has 4 unspecified atom stereocenters. The molecule has 0 saturated carbocycles. The van der Waals surface area contributed by atoms with Gasteiger partial charge in [-0.25, -0.2) is 0 Å². The zero-order valence-electron chi connectivity index (χ0n) is 32.9. The number of allylic oxidation sites excluding steroid dienone is 10. The van der Waals surface area contributed by atoms with Crippen LogP contribution in [-0.4, -0.2) is 0 Å². The topological polar surface area (TPSA) is 0 Å². The van der Waals surface area contributed by atoms with Gasteiger partial charge in [0.2, 0.25) is 0 Å². The van der Waals surface area contributed by atoms with E-state index in [1.165, 1.54) is 122 Å². The number of fused-ring (bicyclic) bond motifs is 14. The summed E-state index contributed by atoms with van der Waals surface area (Å²) in [5, 5.41) is 5.52. The molecule has 0 aromatic heterocycles. The molecule has 0 bridgehead atoms.